The fourth-order valence-corrected chi connectivity index (χ4v) is 5.49. The van der Waals surface area contributed by atoms with Crippen LogP contribution < -0.4 is 19.1 Å². The van der Waals surface area contributed by atoms with E-state index in [1.807, 2.05) is 30.3 Å². The van der Waals surface area contributed by atoms with Gasteiger partial charge in [0.15, 0.2) is 0 Å². The highest BCUT2D eigenvalue weighted by molar-refractivity contribution is 5.95. The van der Waals surface area contributed by atoms with E-state index < -0.39 is 12.1 Å². The molecule has 3 aromatic rings. The first-order valence-electron chi connectivity index (χ1n) is 12.5. The predicted octanol–water partition coefficient (Wildman–Crippen LogP) is 5.76. The van der Waals surface area contributed by atoms with Gasteiger partial charge < -0.3 is 24.2 Å². The summed E-state index contributed by atoms with van der Waals surface area (Å²) in [6, 6.07) is 15.8. The highest BCUT2D eigenvalue weighted by Crippen LogP contribution is 2.44. The number of benzene rings is 3. The molecule has 1 saturated heterocycles. The minimum absolute atomic E-state index is 0.00837. The summed E-state index contributed by atoms with van der Waals surface area (Å²) in [6.07, 6.45) is 2.11. The molecule has 8 heteroatoms. The average Bonchev–Trinajstić information content (AvgIpc) is 3.60. The normalized spacial score (nSPS) is 19.9. The molecule has 0 aromatic heterocycles. The highest BCUT2D eigenvalue weighted by Gasteiger charge is 2.32. The van der Waals surface area contributed by atoms with E-state index in [9.17, 15) is 9.59 Å². The summed E-state index contributed by atoms with van der Waals surface area (Å²) >= 11 is 0. The Labute approximate surface area is 213 Å². The summed E-state index contributed by atoms with van der Waals surface area (Å²) in [4.78, 5) is 25.0. The van der Waals surface area contributed by atoms with Crippen LogP contribution in [0.15, 0.2) is 54.6 Å². The lowest BCUT2D eigenvalue weighted by molar-refractivity contribution is -0.137. The van der Waals surface area contributed by atoms with Crippen LogP contribution in [0.5, 0.6) is 23.0 Å². The molecule has 3 aliphatic rings. The number of anilines is 1. The number of halogens is 1. The van der Waals surface area contributed by atoms with Gasteiger partial charge in [-0.1, -0.05) is 12.1 Å². The number of hydrogen-bond acceptors (Lipinski definition) is 5. The van der Waals surface area contributed by atoms with E-state index in [-0.39, 0.29) is 24.1 Å². The summed E-state index contributed by atoms with van der Waals surface area (Å²) < 4.78 is 33.1. The number of carbonyl (C=O) groups excluding carboxylic acids is 1. The van der Waals surface area contributed by atoms with Crippen molar-refractivity contribution in [2.24, 2.45) is 0 Å². The quantitative estimate of drug-likeness (QED) is 0.441. The first-order chi connectivity index (χ1) is 18.0. The summed E-state index contributed by atoms with van der Waals surface area (Å²) in [6.45, 7) is 1.01. The van der Waals surface area contributed by atoms with E-state index in [0.717, 1.165) is 23.2 Å². The van der Waals surface area contributed by atoms with Crippen LogP contribution in [-0.4, -0.2) is 30.1 Å². The Morgan fingerprint density at radius 3 is 2.81 bits per heavy atom. The minimum atomic E-state index is -0.867. The van der Waals surface area contributed by atoms with Gasteiger partial charge in [-0.3, -0.25) is 9.59 Å². The van der Waals surface area contributed by atoms with Crippen molar-refractivity contribution < 1.29 is 33.3 Å². The van der Waals surface area contributed by atoms with E-state index in [4.69, 9.17) is 19.3 Å². The molecule has 190 valence electrons. The Balaban J connectivity index is 1.22. The van der Waals surface area contributed by atoms with Gasteiger partial charge in [0.2, 0.25) is 5.91 Å². The average molecular weight is 504 g/mol. The third-order valence-corrected chi connectivity index (χ3v) is 7.23. The third-order valence-electron chi connectivity index (χ3n) is 7.23. The fraction of sp³-hybridized carbons (Fsp3) is 0.310. The van der Waals surface area contributed by atoms with Crippen LogP contribution in [0.4, 0.5) is 10.1 Å². The standard InChI is InChI=1S/C29H26FNO6/c30-23-9-11-24(36-19-4-1-3-18(14-19)31-12-2-5-27(31)32)22-8-10-25(29(22)23)37-20-6-7-21-17(13-28(33)34)16-35-26(21)15-20/h1,3-4,6-7,9,11,14-15,17,25H,2,5,8,10,12-13,16H2,(H,33,34)/t17?,25-/m1/s1. The molecule has 1 amide bonds. The highest BCUT2D eigenvalue weighted by atomic mass is 19.1. The molecule has 1 aliphatic carbocycles. The maximum absolute atomic E-state index is 15.0. The van der Waals surface area contributed by atoms with Gasteiger partial charge in [-0.2, -0.15) is 0 Å². The first-order valence-corrected chi connectivity index (χ1v) is 12.5. The summed E-state index contributed by atoms with van der Waals surface area (Å²) in [5, 5.41) is 9.11. The maximum Gasteiger partial charge on any atom is 0.304 e. The number of amides is 1. The Kier molecular flexibility index (Phi) is 5.94. The van der Waals surface area contributed by atoms with Gasteiger partial charge in [0.1, 0.15) is 34.9 Å². The van der Waals surface area contributed by atoms with Crippen molar-refractivity contribution in [3.05, 3.63) is 77.1 Å². The lowest BCUT2D eigenvalue weighted by Crippen LogP contribution is -2.23. The largest absolute Gasteiger partial charge is 0.492 e. The van der Waals surface area contributed by atoms with Crippen LogP contribution in [0.1, 0.15) is 54.4 Å². The number of nitrogens with zero attached hydrogens (tertiary/aromatic N) is 1. The van der Waals surface area contributed by atoms with Crippen molar-refractivity contribution in [2.45, 2.75) is 44.1 Å². The molecule has 1 N–H and O–H groups in total. The molecule has 1 unspecified atom stereocenters. The molecular formula is C29H26FNO6. The van der Waals surface area contributed by atoms with Crippen molar-refractivity contribution in [1.82, 2.24) is 0 Å². The predicted molar refractivity (Wildman–Crippen MR) is 133 cm³/mol. The number of carbonyl (C=O) groups is 2. The van der Waals surface area contributed by atoms with Gasteiger partial charge >= 0.3 is 5.97 Å². The molecule has 2 heterocycles. The van der Waals surface area contributed by atoms with E-state index in [1.54, 1.807) is 23.1 Å². The van der Waals surface area contributed by atoms with Crippen molar-refractivity contribution >= 4 is 17.6 Å². The lowest BCUT2D eigenvalue weighted by Gasteiger charge is -2.18. The Morgan fingerprint density at radius 2 is 2.00 bits per heavy atom. The second-order valence-electron chi connectivity index (χ2n) is 9.64. The van der Waals surface area contributed by atoms with Crippen molar-refractivity contribution in [3.8, 4) is 23.0 Å². The van der Waals surface area contributed by atoms with E-state index in [0.29, 0.717) is 61.0 Å². The van der Waals surface area contributed by atoms with E-state index >= 15 is 4.39 Å². The van der Waals surface area contributed by atoms with Crippen LogP contribution in [0.2, 0.25) is 0 Å². The Bertz CT molecular complexity index is 1390. The van der Waals surface area contributed by atoms with E-state index in [1.165, 1.54) is 6.07 Å². The molecule has 3 aromatic carbocycles. The monoisotopic (exact) mass is 503 g/mol. The van der Waals surface area contributed by atoms with Gasteiger partial charge in [-0.25, -0.2) is 4.39 Å². The molecule has 37 heavy (non-hydrogen) atoms. The number of aliphatic carboxylic acids is 1. The van der Waals surface area contributed by atoms with Crippen molar-refractivity contribution in [2.75, 3.05) is 18.1 Å². The van der Waals surface area contributed by atoms with Gasteiger partial charge in [0.05, 0.1) is 13.0 Å². The number of rotatable bonds is 7. The molecule has 0 spiro atoms. The van der Waals surface area contributed by atoms with Gasteiger partial charge in [0, 0.05) is 53.4 Å². The Morgan fingerprint density at radius 1 is 1.11 bits per heavy atom. The van der Waals surface area contributed by atoms with Crippen LogP contribution >= 0.6 is 0 Å². The molecule has 1 fully saturated rings. The van der Waals surface area contributed by atoms with Gasteiger partial charge in [-0.15, -0.1) is 0 Å². The molecule has 2 atom stereocenters. The molecular weight excluding hydrogens is 477 g/mol. The van der Waals surface area contributed by atoms with Crippen LogP contribution in [0.3, 0.4) is 0 Å². The lowest BCUT2D eigenvalue weighted by atomic mass is 9.98. The zero-order valence-electron chi connectivity index (χ0n) is 20.1. The molecule has 6 rings (SSSR count). The molecule has 0 radical (unpaired) electrons. The Hall–Kier alpha value is -4.07. The van der Waals surface area contributed by atoms with Crippen LogP contribution in [0.25, 0.3) is 0 Å². The second-order valence-corrected chi connectivity index (χ2v) is 9.64. The molecule has 0 bridgehead atoms. The summed E-state index contributed by atoms with van der Waals surface area (Å²) in [7, 11) is 0. The molecule has 2 aliphatic heterocycles. The fourth-order valence-electron chi connectivity index (χ4n) is 5.49. The molecule has 0 saturated carbocycles. The smallest absolute Gasteiger partial charge is 0.304 e. The van der Waals surface area contributed by atoms with Crippen LogP contribution in [-0.2, 0) is 16.0 Å². The minimum Gasteiger partial charge on any atom is -0.492 e. The maximum atomic E-state index is 15.0. The van der Waals surface area contributed by atoms with E-state index in [2.05, 4.69) is 0 Å². The number of fused-ring (bicyclic) bond motifs is 2. The van der Waals surface area contributed by atoms with Crippen molar-refractivity contribution in [1.29, 1.82) is 0 Å². The number of hydrogen-bond donors (Lipinski definition) is 1. The summed E-state index contributed by atoms with van der Waals surface area (Å²) in [5.74, 6) is 1.01. The first kappa shape index (κ1) is 23.3. The van der Waals surface area contributed by atoms with Gasteiger partial charge in [0.25, 0.3) is 0 Å². The zero-order valence-corrected chi connectivity index (χ0v) is 20.1. The summed E-state index contributed by atoms with van der Waals surface area (Å²) in [5.41, 5.74) is 2.89. The van der Waals surface area contributed by atoms with Crippen molar-refractivity contribution in [3.63, 3.8) is 0 Å². The third kappa shape index (κ3) is 4.48. The number of carboxylic acids is 1. The van der Waals surface area contributed by atoms with Crippen LogP contribution in [0, 0.1) is 5.82 Å². The topological polar surface area (TPSA) is 85.3 Å². The number of carboxylic acid groups (broad SMARTS) is 1. The second kappa shape index (κ2) is 9.42. The SMILES string of the molecule is O=C(O)CC1COc2cc(O[C@@H]3CCc4c(Oc5cccc(N6CCCC6=O)c5)ccc(F)c43)ccc21. The zero-order chi connectivity index (χ0) is 25.5. The number of ether oxygens (including phenoxy) is 3. The van der Waals surface area contributed by atoms with Gasteiger partial charge in [-0.05, 0) is 49.6 Å². The molecule has 7 nitrogen and oxygen atoms in total.